The number of carbonyl (C=O) groups excluding carboxylic acids is 1. The predicted molar refractivity (Wildman–Crippen MR) is 106 cm³/mol. The fraction of sp³-hybridized carbons (Fsp3) is 0.250. The van der Waals surface area contributed by atoms with Crippen LogP contribution in [0.2, 0.25) is 0 Å². The fourth-order valence-corrected chi connectivity index (χ4v) is 2.73. The van der Waals surface area contributed by atoms with Gasteiger partial charge in [-0.3, -0.25) is 4.79 Å². The molecule has 26 heavy (non-hydrogen) atoms. The van der Waals surface area contributed by atoms with E-state index in [-0.39, 0.29) is 5.91 Å². The van der Waals surface area contributed by atoms with Crippen LogP contribution in [0.25, 0.3) is 10.8 Å². The molecule has 0 aliphatic carbocycles. The summed E-state index contributed by atoms with van der Waals surface area (Å²) in [5, 5.41) is 11.5. The third-order valence-electron chi connectivity index (χ3n) is 3.92. The lowest BCUT2D eigenvalue weighted by Crippen LogP contribution is -2.28. The summed E-state index contributed by atoms with van der Waals surface area (Å²) in [6.45, 7) is 5.77. The van der Waals surface area contributed by atoms with Crippen molar-refractivity contribution in [1.82, 2.24) is 15.3 Å². The van der Waals surface area contributed by atoms with Crippen molar-refractivity contribution in [1.29, 1.82) is 0 Å². The lowest BCUT2D eigenvalue weighted by molar-refractivity contribution is 0.0955. The molecule has 0 aliphatic heterocycles. The van der Waals surface area contributed by atoms with E-state index in [0.717, 1.165) is 29.0 Å². The number of fused-ring (bicyclic) bond motifs is 1. The van der Waals surface area contributed by atoms with Crippen molar-refractivity contribution in [3.63, 3.8) is 0 Å². The molecule has 1 amide bonds. The number of nitrogens with zero attached hydrogens (tertiary/aromatic N) is 2. The predicted octanol–water partition coefficient (Wildman–Crippen LogP) is 3.21. The first-order valence-corrected chi connectivity index (χ1v) is 8.76. The minimum absolute atomic E-state index is 0.0789. The van der Waals surface area contributed by atoms with E-state index in [2.05, 4.69) is 25.9 Å². The van der Waals surface area contributed by atoms with Gasteiger partial charge in [-0.15, -0.1) is 0 Å². The van der Waals surface area contributed by atoms with Crippen LogP contribution in [0.1, 0.15) is 23.1 Å². The van der Waals surface area contributed by atoms with Crippen molar-refractivity contribution in [3.05, 3.63) is 59.9 Å². The molecule has 0 atom stereocenters. The SMILES string of the molecule is CCNc1cc(NCCNC(=O)c2ccc3ccccc3c2)nc(C)n1. The molecule has 0 fully saturated rings. The van der Waals surface area contributed by atoms with Crippen molar-refractivity contribution in [2.45, 2.75) is 13.8 Å². The normalized spacial score (nSPS) is 10.5. The summed E-state index contributed by atoms with van der Waals surface area (Å²) in [6, 6.07) is 15.6. The number of nitrogens with one attached hydrogen (secondary N) is 3. The van der Waals surface area contributed by atoms with Gasteiger partial charge in [0.05, 0.1) is 0 Å². The Kier molecular flexibility index (Phi) is 5.63. The van der Waals surface area contributed by atoms with Gasteiger partial charge in [0.1, 0.15) is 17.5 Å². The van der Waals surface area contributed by atoms with E-state index in [9.17, 15) is 4.79 Å². The summed E-state index contributed by atoms with van der Waals surface area (Å²) >= 11 is 0. The van der Waals surface area contributed by atoms with Crippen LogP contribution in [0, 0.1) is 6.92 Å². The lowest BCUT2D eigenvalue weighted by atomic mass is 10.1. The minimum atomic E-state index is -0.0789. The Morgan fingerprint density at radius 2 is 1.65 bits per heavy atom. The Hall–Kier alpha value is -3.15. The van der Waals surface area contributed by atoms with Crippen LogP contribution in [0.4, 0.5) is 11.6 Å². The number of amides is 1. The van der Waals surface area contributed by atoms with Crippen molar-refractivity contribution < 1.29 is 4.79 Å². The first-order chi connectivity index (χ1) is 12.7. The average Bonchev–Trinajstić information content (AvgIpc) is 2.64. The van der Waals surface area contributed by atoms with Crippen molar-refractivity contribution in [3.8, 4) is 0 Å². The summed E-state index contributed by atoms with van der Waals surface area (Å²) in [4.78, 5) is 21.0. The Morgan fingerprint density at radius 1 is 0.923 bits per heavy atom. The van der Waals surface area contributed by atoms with Gasteiger partial charge in [-0.2, -0.15) is 0 Å². The van der Waals surface area contributed by atoms with Gasteiger partial charge in [0, 0.05) is 31.3 Å². The Balaban J connectivity index is 1.53. The summed E-state index contributed by atoms with van der Waals surface area (Å²) in [5.41, 5.74) is 0.663. The maximum atomic E-state index is 12.3. The maximum Gasteiger partial charge on any atom is 0.251 e. The lowest BCUT2D eigenvalue weighted by Gasteiger charge is -2.10. The van der Waals surface area contributed by atoms with Gasteiger partial charge in [0.15, 0.2) is 0 Å². The van der Waals surface area contributed by atoms with Gasteiger partial charge in [-0.1, -0.05) is 30.3 Å². The van der Waals surface area contributed by atoms with Gasteiger partial charge in [0.25, 0.3) is 5.91 Å². The molecule has 6 nitrogen and oxygen atoms in total. The zero-order valence-corrected chi connectivity index (χ0v) is 15.0. The quantitative estimate of drug-likeness (QED) is 0.571. The van der Waals surface area contributed by atoms with Crippen LogP contribution >= 0.6 is 0 Å². The number of hydrogen-bond acceptors (Lipinski definition) is 5. The average molecular weight is 349 g/mol. The third-order valence-corrected chi connectivity index (χ3v) is 3.92. The molecule has 6 heteroatoms. The fourth-order valence-electron chi connectivity index (χ4n) is 2.73. The molecule has 0 saturated carbocycles. The van der Waals surface area contributed by atoms with E-state index in [0.29, 0.717) is 24.5 Å². The molecule has 0 radical (unpaired) electrons. The molecule has 3 rings (SSSR count). The van der Waals surface area contributed by atoms with Crippen molar-refractivity contribution in [2.75, 3.05) is 30.3 Å². The number of aryl methyl sites for hydroxylation is 1. The largest absolute Gasteiger partial charge is 0.370 e. The van der Waals surface area contributed by atoms with Crippen LogP contribution in [-0.2, 0) is 0 Å². The Morgan fingerprint density at radius 3 is 2.42 bits per heavy atom. The standard InChI is InChI=1S/C20H23N5O/c1-3-21-18-13-19(25-14(2)24-18)22-10-11-23-20(26)17-9-8-15-6-4-5-7-16(15)12-17/h4-9,12-13H,3,10-11H2,1-2H3,(H,23,26)(H2,21,22,24,25). The van der Waals surface area contributed by atoms with E-state index in [4.69, 9.17) is 0 Å². The van der Waals surface area contributed by atoms with E-state index in [1.807, 2.05) is 62.4 Å². The molecule has 0 bridgehead atoms. The van der Waals surface area contributed by atoms with E-state index >= 15 is 0 Å². The van der Waals surface area contributed by atoms with Gasteiger partial charge < -0.3 is 16.0 Å². The molecule has 1 aromatic heterocycles. The number of benzene rings is 2. The van der Waals surface area contributed by atoms with Crippen LogP contribution in [0.5, 0.6) is 0 Å². The summed E-state index contributed by atoms with van der Waals surface area (Å²) in [5.74, 6) is 2.16. The van der Waals surface area contributed by atoms with Crippen molar-refractivity contribution in [2.24, 2.45) is 0 Å². The van der Waals surface area contributed by atoms with Crippen molar-refractivity contribution >= 4 is 28.3 Å². The smallest absolute Gasteiger partial charge is 0.251 e. The summed E-state index contributed by atoms with van der Waals surface area (Å²) in [7, 11) is 0. The number of anilines is 2. The molecule has 3 aromatic rings. The number of rotatable bonds is 7. The minimum Gasteiger partial charge on any atom is -0.370 e. The number of hydrogen-bond donors (Lipinski definition) is 3. The highest BCUT2D eigenvalue weighted by Gasteiger charge is 2.06. The van der Waals surface area contributed by atoms with E-state index in [1.165, 1.54) is 0 Å². The molecule has 1 heterocycles. The monoisotopic (exact) mass is 349 g/mol. The highest BCUT2D eigenvalue weighted by molar-refractivity contribution is 5.98. The van der Waals surface area contributed by atoms with Crippen LogP contribution in [-0.4, -0.2) is 35.5 Å². The third kappa shape index (κ3) is 4.47. The van der Waals surface area contributed by atoms with Crippen LogP contribution in [0.3, 0.4) is 0 Å². The molecular formula is C20H23N5O. The van der Waals surface area contributed by atoms with Crippen LogP contribution in [0.15, 0.2) is 48.5 Å². The Bertz CT molecular complexity index is 910. The highest BCUT2D eigenvalue weighted by atomic mass is 16.1. The topological polar surface area (TPSA) is 78.9 Å². The number of carbonyl (C=O) groups is 1. The Labute approximate surface area is 153 Å². The maximum absolute atomic E-state index is 12.3. The molecule has 0 aliphatic rings. The second-order valence-corrected chi connectivity index (χ2v) is 5.96. The van der Waals surface area contributed by atoms with E-state index in [1.54, 1.807) is 0 Å². The highest BCUT2D eigenvalue weighted by Crippen LogP contribution is 2.15. The first-order valence-electron chi connectivity index (χ1n) is 8.76. The molecule has 134 valence electrons. The molecule has 3 N–H and O–H groups in total. The van der Waals surface area contributed by atoms with Gasteiger partial charge in [-0.25, -0.2) is 9.97 Å². The van der Waals surface area contributed by atoms with Gasteiger partial charge in [0.2, 0.25) is 0 Å². The second-order valence-electron chi connectivity index (χ2n) is 5.96. The molecule has 0 unspecified atom stereocenters. The van der Waals surface area contributed by atoms with E-state index < -0.39 is 0 Å². The first kappa shape index (κ1) is 17.7. The van der Waals surface area contributed by atoms with Gasteiger partial charge >= 0.3 is 0 Å². The zero-order valence-electron chi connectivity index (χ0n) is 15.0. The summed E-state index contributed by atoms with van der Waals surface area (Å²) in [6.07, 6.45) is 0. The molecule has 0 spiro atoms. The molecule has 2 aromatic carbocycles. The van der Waals surface area contributed by atoms with Crippen LogP contribution < -0.4 is 16.0 Å². The zero-order chi connectivity index (χ0) is 18.4. The molecule has 0 saturated heterocycles. The number of aromatic nitrogens is 2. The summed E-state index contributed by atoms with van der Waals surface area (Å²) < 4.78 is 0. The molecular weight excluding hydrogens is 326 g/mol. The van der Waals surface area contributed by atoms with Gasteiger partial charge in [-0.05, 0) is 36.8 Å². The second kappa shape index (κ2) is 8.29.